The zero-order valence-corrected chi connectivity index (χ0v) is 17.6. The maximum atomic E-state index is 13.3. The molecule has 1 aromatic heterocycles. The van der Waals surface area contributed by atoms with Crippen LogP contribution in [0.25, 0.3) is 11.3 Å². The lowest BCUT2D eigenvalue weighted by atomic mass is 9.81. The fourth-order valence-corrected chi connectivity index (χ4v) is 6.60. The molecule has 1 aromatic carbocycles. The highest BCUT2D eigenvalue weighted by molar-refractivity contribution is 7.16. The van der Waals surface area contributed by atoms with Crippen molar-refractivity contribution in [2.75, 3.05) is 4.90 Å². The maximum absolute atomic E-state index is 13.3. The van der Waals surface area contributed by atoms with Crippen molar-refractivity contribution in [1.29, 1.82) is 0 Å². The molecule has 6 heteroatoms. The Morgan fingerprint density at radius 1 is 1.07 bits per heavy atom. The van der Waals surface area contributed by atoms with Crippen molar-refractivity contribution in [3.05, 3.63) is 45.3 Å². The third-order valence-corrected chi connectivity index (χ3v) is 7.73. The van der Waals surface area contributed by atoms with E-state index in [4.69, 9.17) is 16.6 Å². The summed E-state index contributed by atoms with van der Waals surface area (Å²) in [5, 5.41) is 1.17. The van der Waals surface area contributed by atoms with Gasteiger partial charge in [0.05, 0.1) is 17.5 Å². The molecule has 0 unspecified atom stereocenters. The minimum Gasteiger partial charge on any atom is -0.274 e. The fourth-order valence-electron chi connectivity index (χ4n) is 5.53. The molecule has 4 nitrogen and oxygen atoms in total. The highest BCUT2D eigenvalue weighted by Crippen LogP contribution is 2.60. The first-order valence-electron chi connectivity index (χ1n) is 9.67. The van der Waals surface area contributed by atoms with Gasteiger partial charge in [0, 0.05) is 15.5 Å². The Labute approximate surface area is 173 Å². The molecular formula is C22H21ClN2O2S. The number of aromatic nitrogens is 1. The number of fused-ring (bicyclic) bond motifs is 5. The average molecular weight is 413 g/mol. The molecular weight excluding hydrogens is 392 g/mol. The SMILES string of the molecule is CC(C)=C1[C@H]2CC[C@H]1[C@H]1C(=O)N(c3nc(-c4ccc(Cl)cc4)c(C)s3)C(=O)[C@@H]12. The van der Waals surface area contributed by atoms with Crippen LogP contribution in [0, 0.1) is 30.6 Å². The van der Waals surface area contributed by atoms with Gasteiger partial charge in [-0.2, -0.15) is 0 Å². The van der Waals surface area contributed by atoms with E-state index in [2.05, 4.69) is 13.8 Å². The molecule has 28 heavy (non-hydrogen) atoms. The number of amides is 2. The third kappa shape index (κ3) is 2.39. The van der Waals surface area contributed by atoms with Gasteiger partial charge in [0.2, 0.25) is 11.8 Å². The van der Waals surface area contributed by atoms with Gasteiger partial charge in [-0.15, -0.1) is 11.3 Å². The summed E-state index contributed by atoms with van der Waals surface area (Å²) in [5.41, 5.74) is 4.40. The molecule has 1 saturated heterocycles. The maximum Gasteiger partial charge on any atom is 0.240 e. The first-order chi connectivity index (χ1) is 13.4. The minimum atomic E-state index is -0.195. The summed E-state index contributed by atoms with van der Waals surface area (Å²) in [6.07, 6.45) is 2.04. The van der Waals surface area contributed by atoms with Crippen LogP contribution in [-0.4, -0.2) is 16.8 Å². The van der Waals surface area contributed by atoms with Gasteiger partial charge in [-0.3, -0.25) is 9.59 Å². The van der Waals surface area contributed by atoms with E-state index in [9.17, 15) is 9.59 Å². The van der Waals surface area contributed by atoms with E-state index in [1.54, 1.807) is 0 Å². The molecule has 2 bridgehead atoms. The number of carbonyl (C=O) groups is 2. The van der Waals surface area contributed by atoms with Crippen LogP contribution in [0.3, 0.4) is 0 Å². The lowest BCUT2D eigenvalue weighted by Gasteiger charge is -2.18. The lowest BCUT2D eigenvalue weighted by molar-refractivity contribution is -0.123. The first kappa shape index (κ1) is 18.1. The molecule has 2 heterocycles. The number of aryl methyl sites for hydroxylation is 1. The van der Waals surface area contributed by atoms with Crippen LogP contribution in [0.2, 0.25) is 5.02 Å². The normalized spacial score (nSPS) is 28.4. The van der Waals surface area contributed by atoms with E-state index < -0.39 is 0 Å². The van der Waals surface area contributed by atoms with Crippen LogP contribution >= 0.6 is 22.9 Å². The number of rotatable bonds is 2. The predicted octanol–water partition coefficient (Wildman–Crippen LogP) is 5.25. The molecule has 0 spiro atoms. The number of thiazole rings is 1. The van der Waals surface area contributed by atoms with Gasteiger partial charge in [-0.1, -0.05) is 34.9 Å². The van der Waals surface area contributed by atoms with E-state index in [1.807, 2.05) is 31.2 Å². The van der Waals surface area contributed by atoms with Crippen LogP contribution in [0.4, 0.5) is 5.13 Å². The van der Waals surface area contributed by atoms with E-state index >= 15 is 0 Å². The largest absolute Gasteiger partial charge is 0.274 e. The van der Waals surface area contributed by atoms with Crippen molar-refractivity contribution in [2.24, 2.45) is 23.7 Å². The van der Waals surface area contributed by atoms with Gasteiger partial charge in [0.15, 0.2) is 5.13 Å². The Bertz CT molecular complexity index is 1000. The molecule has 2 aliphatic carbocycles. The number of halogens is 1. The molecule has 1 aliphatic heterocycles. The standard InChI is InChI=1S/C22H21ClN2O2S/c1-10(2)16-14-8-9-15(16)18-17(14)20(26)25(21(18)27)22-24-19(11(3)28-22)12-4-6-13(23)7-5-12/h4-7,14-15,17-18H,8-9H2,1-3H3/t14-,15-,17-,18-/m1/s1. The Kier molecular flexibility index (Phi) is 4.04. The summed E-state index contributed by atoms with van der Waals surface area (Å²) in [6, 6.07) is 7.48. The van der Waals surface area contributed by atoms with Crippen molar-refractivity contribution in [1.82, 2.24) is 4.98 Å². The van der Waals surface area contributed by atoms with Crippen molar-refractivity contribution < 1.29 is 9.59 Å². The van der Waals surface area contributed by atoms with Crippen LogP contribution in [0.5, 0.6) is 0 Å². The smallest absolute Gasteiger partial charge is 0.240 e. The highest BCUT2D eigenvalue weighted by Gasteiger charge is 2.64. The van der Waals surface area contributed by atoms with Gasteiger partial charge >= 0.3 is 0 Å². The van der Waals surface area contributed by atoms with Crippen LogP contribution in [0.1, 0.15) is 31.6 Å². The van der Waals surface area contributed by atoms with Crippen molar-refractivity contribution in [3.63, 3.8) is 0 Å². The number of hydrogen-bond acceptors (Lipinski definition) is 4. The summed E-state index contributed by atoms with van der Waals surface area (Å²) in [7, 11) is 0. The van der Waals surface area contributed by atoms with E-state index in [0.29, 0.717) is 10.2 Å². The van der Waals surface area contributed by atoms with Gasteiger partial charge in [0.25, 0.3) is 0 Å². The van der Waals surface area contributed by atoms with Gasteiger partial charge in [-0.25, -0.2) is 9.88 Å². The lowest BCUT2D eigenvalue weighted by Crippen LogP contribution is -2.33. The number of allylic oxidation sites excluding steroid dienone is 2. The predicted molar refractivity (Wildman–Crippen MR) is 111 cm³/mol. The second-order valence-electron chi connectivity index (χ2n) is 8.22. The van der Waals surface area contributed by atoms with Gasteiger partial charge in [0.1, 0.15) is 0 Å². The second-order valence-corrected chi connectivity index (χ2v) is 9.84. The van der Waals surface area contributed by atoms with Gasteiger partial charge in [-0.05, 0) is 57.6 Å². The fraction of sp³-hybridized carbons (Fsp3) is 0.409. The number of hydrogen-bond donors (Lipinski definition) is 0. The topological polar surface area (TPSA) is 50.3 Å². The van der Waals surface area contributed by atoms with E-state index in [0.717, 1.165) is 29.0 Å². The van der Waals surface area contributed by atoms with Crippen LogP contribution in [-0.2, 0) is 9.59 Å². The van der Waals surface area contributed by atoms with Crippen LogP contribution in [0.15, 0.2) is 35.4 Å². The summed E-state index contributed by atoms with van der Waals surface area (Å²) in [5.74, 6) is -0.0372. The number of carbonyl (C=O) groups excluding carboxylic acids is 2. The molecule has 3 fully saturated rings. The minimum absolute atomic E-state index is 0.0580. The molecule has 0 radical (unpaired) electrons. The van der Waals surface area contributed by atoms with Crippen molar-refractivity contribution >= 4 is 39.9 Å². The monoisotopic (exact) mass is 412 g/mol. The quantitative estimate of drug-likeness (QED) is 0.499. The molecule has 4 atom stereocenters. The summed E-state index contributed by atoms with van der Waals surface area (Å²) in [6.45, 7) is 6.19. The summed E-state index contributed by atoms with van der Waals surface area (Å²) >= 11 is 7.40. The average Bonchev–Trinajstić information content (AvgIpc) is 3.37. The molecule has 5 rings (SSSR count). The van der Waals surface area contributed by atoms with Gasteiger partial charge < -0.3 is 0 Å². The van der Waals surface area contributed by atoms with Crippen LogP contribution < -0.4 is 4.90 Å². The number of benzene rings is 1. The molecule has 3 aliphatic rings. The molecule has 2 amide bonds. The Balaban J connectivity index is 1.52. The molecule has 2 aromatic rings. The highest BCUT2D eigenvalue weighted by atomic mass is 35.5. The number of nitrogens with zero attached hydrogens (tertiary/aromatic N) is 2. The molecule has 0 N–H and O–H groups in total. The van der Waals surface area contributed by atoms with Crippen molar-refractivity contribution in [3.8, 4) is 11.3 Å². The Morgan fingerprint density at radius 3 is 2.18 bits per heavy atom. The molecule has 144 valence electrons. The number of imide groups is 1. The Hall–Kier alpha value is -1.98. The third-order valence-electron chi connectivity index (χ3n) is 6.52. The zero-order chi connectivity index (χ0) is 19.7. The summed E-state index contributed by atoms with van der Waals surface area (Å²) < 4.78 is 0. The first-order valence-corrected chi connectivity index (χ1v) is 10.9. The van der Waals surface area contributed by atoms with Crippen molar-refractivity contribution in [2.45, 2.75) is 33.6 Å². The van der Waals surface area contributed by atoms with E-state index in [1.165, 1.54) is 27.4 Å². The zero-order valence-electron chi connectivity index (χ0n) is 16.0. The number of anilines is 1. The Morgan fingerprint density at radius 2 is 1.64 bits per heavy atom. The summed E-state index contributed by atoms with van der Waals surface area (Å²) in [4.78, 5) is 33.6. The van der Waals surface area contributed by atoms with E-state index in [-0.39, 0.29) is 35.5 Å². The second kappa shape index (κ2) is 6.26. The molecule has 2 saturated carbocycles.